The molecule has 0 aliphatic carbocycles. The second kappa shape index (κ2) is 3.32. The Morgan fingerprint density at radius 1 is 1.06 bits per heavy atom. The van der Waals surface area contributed by atoms with E-state index in [1.165, 1.54) is 6.07 Å². The van der Waals surface area contributed by atoms with Crippen molar-refractivity contribution in [3.63, 3.8) is 0 Å². The molecule has 0 fully saturated rings. The molecule has 0 radical (unpaired) electrons. The highest BCUT2D eigenvalue weighted by atomic mass is 35.5. The molecule has 2 N–H and O–H groups in total. The molecule has 0 unspecified atom stereocenters. The molecule has 0 saturated heterocycles. The first-order valence-electron chi connectivity index (χ1n) is 4.94. The first-order chi connectivity index (χ1) is 7.98. The van der Waals surface area contributed by atoms with Gasteiger partial charge in [0.25, 0.3) is 0 Å². The average Bonchev–Trinajstić information content (AvgIpc) is 2.28. The first kappa shape index (κ1) is 10.8. The van der Waals surface area contributed by atoms with Gasteiger partial charge in [-0.1, -0.05) is 35.9 Å². The van der Waals surface area contributed by atoms with E-state index >= 15 is 0 Å². The van der Waals surface area contributed by atoms with Gasteiger partial charge in [0, 0.05) is 15.8 Å². The third kappa shape index (κ3) is 1.49. The highest BCUT2D eigenvalue weighted by Gasteiger charge is 2.17. The van der Waals surface area contributed by atoms with Crippen LogP contribution in [0, 0.1) is 0 Å². The van der Waals surface area contributed by atoms with Gasteiger partial charge in [-0.15, -0.1) is 0 Å². The van der Waals surface area contributed by atoms with Crippen molar-refractivity contribution >= 4 is 43.2 Å². The van der Waals surface area contributed by atoms with E-state index in [4.69, 9.17) is 16.7 Å². The molecule has 0 atom stereocenters. The second-order valence-electron chi connectivity index (χ2n) is 3.92. The van der Waals surface area contributed by atoms with E-state index in [1.54, 1.807) is 6.07 Å². The van der Waals surface area contributed by atoms with Crippen molar-refractivity contribution in [1.82, 2.24) is 0 Å². The normalized spacial score (nSPS) is 12.6. The minimum atomic E-state index is -3.74. The van der Waals surface area contributed by atoms with Crippen molar-refractivity contribution in [3.05, 3.63) is 41.4 Å². The summed E-state index contributed by atoms with van der Waals surface area (Å²) in [6, 6.07) is 10.6. The summed E-state index contributed by atoms with van der Waals surface area (Å²) in [6.07, 6.45) is 0. The van der Waals surface area contributed by atoms with Gasteiger partial charge >= 0.3 is 0 Å². The molecular formula is C12H8ClNO2S. The predicted molar refractivity (Wildman–Crippen MR) is 69.0 cm³/mol. The van der Waals surface area contributed by atoms with Crippen LogP contribution in [0.5, 0.6) is 0 Å². The zero-order valence-corrected chi connectivity index (χ0v) is 10.2. The molecule has 5 heteroatoms. The van der Waals surface area contributed by atoms with E-state index in [2.05, 4.69) is 0 Å². The fourth-order valence-corrected chi connectivity index (χ4v) is 3.22. The summed E-state index contributed by atoms with van der Waals surface area (Å²) in [6.45, 7) is 0. The summed E-state index contributed by atoms with van der Waals surface area (Å²) in [5.74, 6) is 0. The van der Waals surface area contributed by atoms with Gasteiger partial charge in [-0.2, -0.15) is 0 Å². The smallest absolute Gasteiger partial charge is 0.225 e. The fourth-order valence-electron chi connectivity index (χ4n) is 2.17. The van der Waals surface area contributed by atoms with Crippen molar-refractivity contribution in [1.29, 1.82) is 0 Å². The summed E-state index contributed by atoms with van der Waals surface area (Å²) < 4.78 is 23.1. The van der Waals surface area contributed by atoms with Crippen molar-refractivity contribution in [2.24, 2.45) is 5.14 Å². The number of sulfonamides is 1. The monoisotopic (exact) mass is 265 g/mol. The molecule has 2 bridgehead atoms. The number of hydrogen-bond donors (Lipinski definition) is 1. The molecule has 17 heavy (non-hydrogen) atoms. The molecule has 4 rings (SSSR count). The molecule has 3 nitrogen and oxygen atoms in total. The van der Waals surface area contributed by atoms with Crippen molar-refractivity contribution in [2.75, 3.05) is 0 Å². The first-order valence-corrected chi connectivity index (χ1v) is 6.87. The number of fused-ring (bicyclic) bond motifs is 2. The molecule has 0 saturated carbocycles. The van der Waals surface area contributed by atoms with Gasteiger partial charge in [0.15, 0.2) is 0 Å². The topological polar surface area (TPSA) is 60.2 Å². The zero-order chi connectivity index (χ0) is 12.2. The molecule has 4 aromatic carbocycles. The van der Waals surface area contributed by atoms with Gasteiger partial charge in [-0.05, 0) is 22.9 Å². The highest BCUT2D eigenvalue weighted by Crippen LogP contribution is 2.37. The lowest BCUT2D eigenvalue weighted by Gasteiger charge is -2.11. The van der Waals surface area contributed by atoms with Gasteiger partial charge in [-0.3, -0.25) is 0 Å². The summed E-state index contributed by atoms with van der Waals surface area (Å²) in [4.78, 5) is 0.123. The van der Waals surface area contributed by atoms with E-state index in [-0.39, 0.29) is 4.90 Å². The highest BCUT2D eigenvalue weighted by molar-refractivity contribution is 7.89. The minimum absolute atomic E-state index is 0.123. The van der Waals surface area contributed by atoms with E-state index < -0.39 is 10.0 Å². The van der Waals surface area contributed by atoms with Gasteiger partial charge in [-0.25, -0.2) is 13.6 Å². The lowest BCUT2D eigenvalue weighted by molar-refractivity contribution is 0.598. The zero-order valence-electron chi connectivity index (χ0n) is 8.64. The molecule has 0 aliphatic rings. The molecule has 0 aliphatic heterocycles. The minimum Gasteiger partial charge on any atom is -0.225 e. The van der Waals surface area contributed by atoms with Crippen LogP contribution in [-0.4, -0.2) is 8.42 Å². The number of halogens is 1. The number of nitrogens with two attached hydrogens (primary N) is 1. The standard InChI is InChI=1S/C12H8ClNO2S/c13-10-6-7-4-5-9(10)12-8(7)2-1-3-11(12)17(14,15)16/h1-6H,(H2,14,15,16). The van der Waals surface area contributed by atoms with Gasteiger partial charge in [0.2, 0.25) is 10.0 Å². The Morgan fingerprint density at radius 3 is 2.47 bits per heavy atom. The van der Waals surface area contributed by atoms with Crippen molar-refractivity contribution in [2.45, 2.75) is 4.90 Å². The van der Waals surface area contributed by atoms with Crippen LogP contribution in [0.25, 0.3) is 21.5 Å². The van der Waals surface area contributed by atoms with E-state index in [0.717, 1.165) is 10.8 Å². The van der Waals surface area contributed by atoms with Crippen LogP contribution in [-0.2, 0) is 10.0 Å². The van der Waals surface area contributed by atoms with Gasteiger partial charge in [0.1, 0.15) is 0 Å². The molecule has 0 amide bonds. The Kier molecular flexibility index (Phi) is 2.10. The lowest BCUT2D eigenvalue weighted by atomic mass is 9.99. The van der Waals surface area contributed by atoms with E-state index in [0.29, 0.717) is 15.8 Å². The largest absolute Gasteiger partial charge is 0.238 e. The molecule has 86 valence electrons. The summed E-state index contributed by atoms with van der Waals surface area (Å²) in [7, 11) is -3.74. The quantitative estimate of drug-likeness (QED) is 0.735. The van der Waals surface area contributed by atoms with Gasteiger partial charge in [0.05, 0.1) is 4.90 Å². The fraction of sp³-hybridized carbons (Fsp3) is 0. The van der Waals surface area contributed by atoms with Crippen LogP contribution in [0.1, 0.15) is 0 Å². The Balaban J connectivity index is 2.66. The molecule has 0 aromatic heterocycles. The number of rotatable bonds is 1. The number of benzene rings is 4. The van der Waals surface area contributed by atoms with Crippen LogP contribution in [0.2, 0.25) is 5.02 Å². The average molecular weight is 266 g/mol. The van der Waals surface area contributed by atoms with Crippen molar-refractivity contribution < 1.29 is 8.42 Å². The van der Waals surface area contributed by atoms with Crippen molar-refractivity contribution in [3.8, 4) is 0 Å². The Labute approximate surface area is 103 Å². The third-order valence-electron chi connectivity index (χ3n) is 2.88. The predicted octanol–water partition coefficient (Wildman–Crippen LogP) is 2.73. The summed E-state index contributed by atoms with van der Waals surface area (Å²) in [5, 5.41) is 8.86. The maximum Gasteiger partial charge on any atom is 0.238 e. The SMILES string of the molecule is NS(=O)(=O)c1cccc2c3ccc(c(Cl)c3)c12. The second-order valence-corrected chi connectivity index (χ2v) is 5.86. The van der Waals surface area contributed by atoms with Crippen LogP contribution >= 0.6 is 11.6 Å². The molecule has 0 heterocycles. The molecule has 4 aromatic rings. The number of primary sulfonamides is 1. The van der Waals surface area contributed by atoms with E-state index in [1.807, 2.05) is 24.3 Å². The molecule has 0 spiro atoms. The number of hydrogen-bond acceptors (Lipinski definition) is 2. The molecular weight excluding hydrogens is 258 g/mol. The maximum absolute atomic E-state index is 11.6. The Morgan fingerprint density at radius 2 is 1.82 bits per heavy atom. The van der Waals surface area contributed by atoms with Crippen LogP contribution in [0.3, 0.4) is 0 Å². The van der Waals surface area contributed by atoms with Crippen LogP contribution in [0.4, 0.5) is 0 Å². The van der Waals surface area contributed by atoms with Crippen LogP contribution in [0.15, 0.2) is 41.3 Å². The maximum atomic E-state index is 11.6. The lowest BCUT2D eigenvalue weighted by Crippen LogP contribution is -2.12. The Hall–Kier alpha value is -1.36. The van der Waals surface area contributed by atoms with Crippen LogP contribution < -0.4 is 5.14 Å². The summed E-state index contributed by atoms with van der Waals surface area (Å²) >= 11 is 6.08. The third-order valence-corrected chi connectivity index (χ3v) is 4.15. The summed E-state index contributed by atoms with van der Waals surface area (Å²) in [5.41, 5.74) is 0. The van der Waals surface area contributed by atoms with E-state index in [9.17, 15) is 8.42 Å². The Bertz CT molecular complexity index is 827. The van der Waals surface area contributed by atoms with Gasteiger partial charge < -0.3 is 0 Å².